The van der Waals surface area contributed by atoms with Crippen molar-refractivity contribution < 1.29 is 4.74 Å². The molecule has 0 radical (unpaired) electrons. The molecule has 0 spiro atoms. The molecule has 2 heterocycles. The Hall–Kier alpha value is -0.590. The van der Waals surface area contributed by atoms with Crippen molar-refractivity contribution in [2.45, 2.75) is 24.9 Å². The van der Waals surface area contributed by atoms with E-state index in [1.54, 1.807) is 11.8 Å². The number of unbranched alkanes of at least 4 members (excludes halogenated alkanes) is 1. The molecule has 0 bridgehead atoms. The van der Waals surface area contributed by atoms with Gasteiger partial charge in [0.05, 0.1) is 13.2 Å². The lowest BCUT2D eigenvalue weighted by Crippen LogP contribution is -2.37. The van der Waals surface area contributed by atoms with Crippen molar-refractivity contribution in [3.63, 3.8) is 0 Å². The van der Waals surface area contributed by atoms with Gasteiger partial charge in [-0.3, -0.25) is 0 Å². The van der Waals surface area contributed by atoms with Crippen LogP contribution in [0.3, 0.4) is 0 Å². The number of morpholine rings is 1. The first-order valence-corrected chi connectivity index (χ1v) is 7.53. The van der Waals surface area contributed by atoms with E-state index in [0.29, 0.717) is 24.3 Å². The molecule has 0 aromatic carbocycles. The monoisotopic (exact) mass is 288 g/mol. The zero-order valence-corrected chi connectivity index (χ0v) is 12.0. The Morgan fingerprint density at radius 1 is 1.28 bits per heavy atom. The molecule has 1 fully saturated rings. The third-order valence-electron chi connectivity index (χ3n) is 2.60. The van der Waals surface area contributed by atoms with Gasteiger partial charge in [-0.1, -0.05) is 25.1 Å². The minimum atomic E-state index is 0.269. The number of thioether (sulfide) groups is 1. The first kappa shape index (κ1) is 13.8. The fraction of sp³-hybridized carbons (Fsp3) is 0.727. The SMILES string of the molecule is CCCCSc1nc(Cl)nc(N2CCOCC2)n1. The normalized spacial score (nSPS) is 16.0. The predicted octanol–water partition coefficient (Wildman–Crippen LogP) is 2.25. The zero-order valence-electron chi connectivity index (χ0n) is 10.4. The molecule has 0 unspecified atom stereocenters. The summed E-state index contributed by atoms with van der Waals surface area (Å²) in [5, 5.41) is 0.982. The third-order valence-corrected chi connectivity index (χ3v) is 3.70. The summed E-state index contributed by atoms with van der Waals surface area (Å²) in [7, 11) is 0. The number of ether oxygens (including phenoxy) is 1. The summed E-state index contributed by atoms with van der Waals surface area (Å²) in [5.74, 6) is 1.68. The van der Waals surface area contributed by atoms with Gasteiger partial charge in [-0.2, -0.15) is 15.0 Å². The van der Waals surface area contributed by atoms with Crippen LogP contribution in [0.2, 0.25) is 5.28 Å². The molecule has 2 rings (SSSR count). The van der Waals surface area contributed by atoms with Gasteiger partial charge < -0.3 is 9.64 Å². The van der Waals surface area contributed by atoms with Crippen molar-refractivity contribution >= 4 is 29.3 Å². The lowest BCUT2D eigenvalue weighted by atomic mass is 10.4. The van der Waals surface area contributed by atoms with Crippen LogP contribution in [-0.4, -0.2) is 47.0 Å². The van der Waals surface area contributed by atoms with Crippen LogP contribution in [0.15, 0.2) is 5.16 Å². The maximum Gasteiger partial charge on any atom is 0.230 e. The Kier molecular flexibility index (Phi) is 5.46. The molecule has 1 saturated heterocycles. The molecule has 0 saturated carbocycles. The van der Waals surface area contributed by atoms with Crippen LogP contribution >= 0.6 is 23.4 Å². The Bertz CT molecular complexity index is 387. The number of hydrogen-bond donors (Lipinski definition) is 0. The standard InChI is InChI=1S/C11H17ClN4OS/c1-2-3-8-18-11-14-9(12)13-10(15-11)16-4-6-17-7-5-16/h2-8H2,1H3. The number of rotatable bonds is 5. The van der Waals surface area contributed by atoms with Crippen molar-refractivity contribution in [1.82, 2.24) is 15.0 Å². The smallest absolute Gasteiger partial charge is 0.230 e. The number of halogens is 1. The van der Waals surface area contributed by atoms with E-state index in [1.807, 2.05) is 0 Å². The van der Waals surface area contributed by atoms with E-state index in [4.69, 9.17) is 16.3 Å². The van der Waals surface area contributed by atoms with Gasteiger partial charge in [-0.05, 0) is 18.0 Å². The van der Waals surface area contributed by atoms with E-state index in [1.165, 1.54) is 6.42 Å². The highest BCUT2D eigenvalue weighted by Crippen LogP contribution is 2.20. The summed E-state index contributed by atoms with van der Waals surface area (Å²) < 4.78 is 5.31. The Morgan fingerprint density at radius 3 is 2.78 bits per heavy atom. The first-order valence-electron chi connectivity index (χ1n) is 6.16. The van der Waals surface area contributed by atoms with Gasteiger partial charge in [-0.15, -0.1) is 0 Å². The largest absolute Gasteiger partial charge is 0.378 e. The van der Waals surface area contributed by atoms with Gasteiger partial charge in [0.2, 0.25) is 11.2 Å². The van der Waals surface area contributed by atoms with Crippen LogP contribution in [0.5, 0.6) is 0 Å². The van der Waals surface area contributed by atoms with Gasteiger partial charge in [0.1, 0.15) is 0 Å². The van der Waals surface area contributed by atoms with Crippen LogP contribution in [0.1, 0.15) is 19.8 Å². The molecule has 100 valence electrons. The molecule has 7 heteroatoms. The van der Waals surface area contributed by atoms with Crippen molar-refractivity contribution in [3.8, 4) is 0 Å². The molecule has 0 N–H and O–H groups in total. The summed E-state index contributed by atoms with van der Waals surface area (Å²) in [5.41, 5.74) is 0. The lowest BCUT2D eigenvalue weighted by Gasteiger charge is -2.26. The van der Waals surface area contributed by atoms with Crippen molar-refractivity contribution in [3.05, 3.63) is 5.28 Å². The van der Waals surface area contributed by atoms with Gasteiger partial charge in [0.15, 0.2) is 5.16 Å². The lowest BCUT2D eigenvalue weighted by molar-refractivity contribution is 0.122. The second kappa shape index (κ2) is 7.11. The quantitative estimate of drug-likeness (QED) is 0.612. The average molecular weight is 289 g/mol. The number of hydrogen-bond acceptors (Lipinski definition) is 6. The average Bonchev–Trinajstić information content (AvgIpc) is 2.39. The third kappa shape index (κ3) is 3.96. The fourth-order valence-electron chi connectivity index (χ4n) is 1.60. The van der Waals surface area contributed by atoms with Crippen molar-refractivity contribution in [2.24, 2.45) is 0 Å². The molecular weight excluding hydrogens is 272 g/mol. The van der Waals surface area contributed by atoms with Crippen molar-refractivity contribution in [2.75, 3.05) is 37.0 Å². The highest BCUT2D eigenvalue weighted by molar-refractivity contribution is 7.99. The molecule has 0 atom stereocenters. The maximum atomic E-state index is 5.95. The van der Waals surface area contributed by atoms with Crippen LogP contribution in [0.4, 0.5) is 5.95 Å². The summed E-state index contributed by atoms with van der Waals surface area (Å²) in [6.45, 7) is 5.20. The minimum Gasteiger partial charge on any atom is -0.378 e. The van der Waals surface area contributed by atoms with E-state index in [2.05, 4.69) is 26.8 Å². The molecule has 1 aromatic heterocycles. The molecule has 18 heavy (non-hydrogen) atoms. The Balaban J connectivity index is 2.05. The molecule has 1 aromatic rings. The molecule has 0 aliphatic carbocycles. The number of aromatic nitrogens is 3. The summed E-state index contributed by atoms with van der Waals surface area (Å²) >= 11 is 7.58. The highest BCUT2D eigenvalue weighted by Gasteiger charge is 2.16. The van der Waals surface area contributed by atoms with Gasteiger partial charge in [-0.25, -0.2) is 0 Å². The summed E-state index contributed by atoms with van der Waals surface area (Å²) in [6.07, 6.45) is 2.32. The molecule has 1 aliphatic heterocycles. The van der Waals surface area contributed by atoms with Gasteiger partial charge >= 0.3 is 0 Å². The van der Waals surface area contributed by atoms with Gasteiger partial charge in [0, 0.05) is 18.8 Å². The Labute approximate surface area is 116 Å². The first-order chi connectivity index (χ1) is 8.79. The fourth-order valence-corrected chi connectivity index (χ4v) is 2.72. The number of nitrogens with zero attached hydrogens (tertiary/aromatic N) is 4. The topological polar surface area (TPSA) is 51.1 Å². The summed E-state index contributed by atoms with van der Waals surface area (Å²) in [4.78, 5) is 14.9. The summed E-state index contributed by atoms with van der Waals surface area (Å²) in [6, 6.07) is 0. The van der Waals surface area contributed by atoms with E-state index in [9.17, 15) is 0 Å². The van der Waals surface area contributed by atoms with Crippen LogP contribution in [0.25, 0.3) is 0 Å². The van der Waals surface area contributed by atoms with E-state index >= 15 is 0 Å². The molecule has 1 aliphatic rings. The van der Waals surface area contributed by atoms with E-state index in [-0.39, 0.29) is 5.28 Å². The van der Waals surface area contributed by atoms with Crippen LogP contribution in [0, 0.1) is 0 Å². The second-order valence-electron chi connectivity index (χ2n) is 3.99. The van der Waals surface area contributed by atoms with Crippen LogP contribution < -0.4 is 4.90 Å². The molecule has 5 nitrogen and oxygen atoms in total. The molecule has 0 amide bonds. The second-order valence-corrected chi connectivity index (χ2v) is 5.39. The zero-order chi connectivity index (χ0) is 12.8. The highest BCUT2D eigenvalue weighted by atomic mass is 35.5. The predicted molar refractivity (Wildman–Crippen MR) is 73.5 cm³/mol. The van der Waals surface area contributed by atoms with Gasteiger partial charge in [0.25, 0.3) is 0 Å². The van der Waals surface area contributed by atoms with Crippen molar-refractivity contribution in [1.29, 1.82) is 0 Å². The maximum absolute atomic E-state index is 5.95. The minimum absolute atomic E-state index is 0.269. The number of anilines is 1. The van der Waals surface area contributed by atoms with E-state index in [0.717, 1.165) is 25.3 Å². The van der Waals surface area contributed by atoms with Crippen LogP contribution in [-0.2, 0) is 4.74 Å². The molecular formula is C11H17ClN4OS. The Morgan fingerprint density at radius 2 is 2.06 bits per heavy atom. The van der Waals surface area contributed by atoms with E-state index < -0.39 is 0 Å².